The average molecular weight is 862 g/mol. The fraction of sp³-hybridized carbons (Fsp3) is 0.512. The molecular weight excluding hydrogens is 806 g/mol. The summed E-state index contributed by atoms with van der Waals surface area (Å²) in [6.45, 7) is 4.26. The lowest BCUT2D eigenvalue weighted by Crippen LogP contribution is -2.29. The summed E-state index contributed by atoms with van der Waals surface area (Å²) in [4.78, 5) is 64.6. The Hall–Kier alpha value is -3.82. The number of phosphoric acid groups is 2. The number of hydrogen-bond acceptors (Lipinski definition) is 14. The van der Waals surface area contributed by atoms with Crippen molar-refractivity contribution < 1.29 is 61.1 Å². The monoisotopic (exact) mass is 861 g/mol. The van der Waals surface area contributed by atoms with Crippen LogP contribution in [-0.2, 0) is 50.0 Å². The van der Waals surface area contributed by atoms with Gasteiger partial charge in [0.05, 0.1) is 6.61 Å². The molecule has 3 aromatic rings. The van der Waals surface area contributed by atoms with Gasteiger partial charge >= 0.3 is 33.6 Å². The Morgan fingerprint density at radius 3 is 1.86 bits per heavy atom. The van der Waals surface area contributed by atoms with Crippen molar-refractivity contribution in [2.24, 2.45) is 0 Å². The molecular formula is C41H55N2O14P2-. The van der Waals surface area contributed by atoms with E-state index in [0.29, 0.717) is 35.5 Å². The number of hydrogen-bond donors (Lipinski definition) is 1. The second kappa shape index (κ2) is 24.4. The van der Waals surface area contributed by atoms with Crippen LogP contribution in [0, 0.1) is 6.92 Å². The third-order valence-corrected chi connectivity index (χ3v) is 12.1. The smallest absolute Gasteiger partial charge is 0.510 e. The molecule has 18 heteroatoms. The maximum absolute atomic E-state index is 13.9. The molecule has 4 atom stereocenters. The van der Waals surface area contributed by atoms with Crippen LogP contribution in [0.4, 0.5) is 0 Å². The van der Waals surface area contributed by atoms with Crippen LogP contribution in [0.15, 0.2) is 71.7 Å². The van der Waals surface area contributed by atoms with E-state index in [1.54, 1.807) is 36.4 Å². The molecule has 16 nitrogen and oxygen atoms in total. The molecule has 0 fully saturated rings. The lowest BCUT2D eigenvalue weighted by atomic mass is 10.1. The van der Waals surface area contributed by atoms with Gasteiger partial charge in [-0.05, 0) is 72.7 Å². The number of esters is 2. The number of benzene rings is 2. The highest BCUT2D eigenvalue weighted by atomic mass is 31.3. The van der Waals surface area contributed by atoms with Crippen molar-refractivity contribution in [3.05, 3.63) is 94.1 Å². The first-order valence-electron chi connectivity index (χ1n) is 20.1. The summed E-state index contributed by atoms with van der Waals surface area (Å²) in [5.74, 6) is -0.799. The highest BCUT2D eigenvalue weighted by molar-refractivity contribution is 7.64. The van der Waals surface area contributed by atoms with Crippen molar-refractivity contribution >= 4 is 27.9 Å². The number of aromatic nitrogens is 2. The maximum Gasteiger partial charge on any atom is 0.510 e. The summed E-state index contributed by atoms with van der Waals surface area (Å²) in [6, 6.07) is 12.3. The molecule has 4 rings (SSSR count). The largest absolute Gasteiger partial charge is 0.858 e. The third kappa shape index (κ3) is 17.4. The molecule has 0 aliphatic carbocycles. The number of carbonyl (C=O) groups is 2. The van der Waals surface area contributed by atoms with Crippen molar-refractivity contribution in [1.82, 2.24) is 9.55 Å². The molecule has 0 radical (unpaired) electrons. The number of ether oxygens (including phenoxy) is 3. The van der Waals surface area contributed by atoms with Gasteiger partial charge in [-0.3, -0.25) is 18.7 Å². The summed E-state index contributed by atoms with van der Waals surface area (Å²) < 4.78 is 51.8. The van der Waals surface area contributed by atoms with Crippen LogP contribution < -0.4 is 25.2 Å². The van der Waals surface area contributed by atoms with Gasteiger partial charge in [-0.25, -0.2) is 14.3 Å². The van der Waals surface area contributed by atoms with E-state index in [9.17, 15) is 33.8 Å². The Morgan fingerprint density at radius 2 is 1.32 bits per heavy atom. The molecule has 2 heterocycles. The van der Waals surface area contributed by atoms with Crippen LogP contribution in [0.3, 0.4) is 0 Å². The quantitative estimate of drug-likeness (QED) is 0.0257. The highest BCUT2D eigenvalue weighted by Crippen LogP contribution is 2.67. The van der Waals surface area contributed by atoms with E-state index < -0.39 is 59.7 Å². The van der Waals surface area contributed by atoms with Gasteiger partial charge in [0.15, 0.2) is 6.23 Å². The minimum absolute atomic E-state index is 0.214. The van der Waals surface area contributed by atoms with E-state index in [4.69, 9.17) is 32.1 Å². The van der Waals surface area contributed by atoms with Gasteiger partial charge in [0.25, 0.3) is 0 Å². The van der Waals surface area contributed by atoms with E-state index >= 15 is 0 Å². The van der Waals surface area contributed by atoms with Crippen LogP contribution in [0.5, 0.6) is 17.4 Å². The Kier molecular flexibility index (Phi) is 19.8. The molecule has 2 unspecified atom stereocenters. The normalized spacial score (nSPS) is 17.0. The molecule has 1 aliphatic rings. The zero-order valence-corrected chi connectivity index (χ0v) is 35.7. The first kappa shape index (κ1) is 47.9. The molecule has 59 heavy (non-hydrogen) atoms. The molecule has 2 aromatic carbocycles. The van der Waals surface area contributed by atoms with Crippen molar-refractivity contribution in [3.8, 4) is 17.4 Å². The summed E-state index contributed by atoms with van der Waals surface area (Å²) in [7, 11) is -10.0. The van der Waals surface area contributed by atoms with Crippen LogP contribution >= 0.6 is 16.0 Å². The minimum Gasteiger partial charge on any atom is -0.858 e. The van der Waals surface area contributed by atoms with E-state index in [-0.39, 0.29) is 23.9 Å². The van der Waals surface area contributed by atoms with Crippen LogP contribution in [0.25, 0.3) is 0 Å². The number of aryl methyl sites for hydroxylation is 1. The lowest BCUT2D eigenvalue weighted by Gasteiger charge is -2.26. The molecule has 1 aromatic heterocycles. The lowest BCUT2D eigenvalue weighted by molar-refractivity contribution is -0.276. The highest BCUT2D eigenvalue weighted by Gasteiger charge is 2.45. The van der Waals surface area contributed by atoms with E-state index in [1.165, 1.54) is 69.5 Å². The van der Waals surface area contributed by atoms with Crippen LogP contribution in [0.2, 0.25) is 0 Å². The number of phosphoric ester groups is 2. The molecule has 0 bridgehead atoms. The third-order valence-electron chi connectivity index (χ3n) is 9.08. The first-order valence-corrected chi connectivity index (χ1v) is 23.0. The van der Waals surface area contributed by atoms with Gasteiger partial charge in [-0.15, -0.1) is 0 Å². The second-order valence-electron chi connectivity index (χ2n) is 14.1. The molecule has 324 valence electrons. The molecule has 1 N–H and O–H groups in total. The number of rotatable bonds is 27. The van der Waals surface area contributed by atoms with Gasteiger partial charge in [0.1, 0.15) is 30.8 Å². The fourth-order valence-electron chi connectivity index (χ4n) is 5.76. The first-order chi connectivity index (χ1) is 28.3. The van der Waals surface area contributed by atoms with Gasteiger partial charge in [0, 0.05) is 19.0 Å². The van der Waals surface area contributed by atoms with E-state index in [2.05, 4.69) is 11.9 Å². The summed E-state index contributed by atoms with van der Waals surface area (Å²) in [6.07, 6.45) is 14.6. The number of nitrogens with zero attached hydrogens (tertiary/aromatic N) is 2. The number of carbonyl (C=O) groups excluding carboxylic acids is 2. The van der Waals surface area contributed by atoms with E-state index in [1.807, 2.05) is 6.92 Å². The van der Waals surface area contributed by atoms with Gasteiger partial charge in [-0.1, -0.05) is 106 Å². The molecule has 0 saturated carbocycles. The minimum atomic E-state index is -5.17. The van der Waals surface area contributed by atoms with Gasteiger partial charge in [-0.2, -0.15) is 9.05 Å². The summed E-state index contributed by atoms with van der Waals surface area (Å²) in [5.41, 5.74) is 0.255. The summed E-state index contributed by atoms with van der Waals surface area (Å²) in [5, 5.41) is 11.7. The van der Waals surface area contributed by atoms with Crippen molar-refractivity contribution in [2.45, 2.75) is 130 Å². The predicted octanol–water partition coefficient (Wildman–Crippen LogP) is 7.61. The Labute approximate surface area is 345 Å². The van der Waals surface area contributed by atoms with Crippen molar-refractivity contribution in [1.29, 1.82) is 0 Å². The zero-order valence-electron chi connectivity index (χ0n) is 33.9. The van der Waals surface area contributed by atoms with Gasteiger partial charge < -0.3 is 29.1 Å². The molecule has 0 saturated heterocycles. The number of unbranched alkanes of at least 4 members (excludes halogenated alkanes) is 9. The van der Waals surface area contributed by atoms with E-state index in [0.717, 1.165) is 36.7 Å². The standard InChI is InChI=1S/C41H56N2O14P2/c1-4-6-8-9-10-11-12-13-14-16-39(45)56-35-23-19-33(20-24-35)29-53-59(50,52-28-32-17-21-34(22-18-32)55-38(44)15-7-5-2)57-58(48,49)51-30-36-25-26-37(54-36)43-27-31(3)40(46)42-41(43)47/h17-27,36-37H,4-16,28-30H2,1-3H3,(H,48,49)(H,42,46,47)/p-1/t36-,37+,59?/m0/s1. The fourth-order valence-corrected chi connectivity index (χ4v) is 8.36. The zero-order chi connectivity index (χ0) is 42.7. The van der Waals surface area contributed by atoms with Crippen LogP contribution in [0.1, 0.15) is 120 Å². The summed E-state index contributed by atoms with van der Waals surface area (Å²) >= 11 is 0. The topological polar surface area (TPSA) is 217 Å². The molecule has 1 aliphatic heterocycles. The Morgan fingerprint density at radius 1 is 0.814 bits per heavy atom. The van der Waals surface area contributed by atoms with Gasteiger partial charge in [0.2, 0.25) is 0 Å². The maximum atomic E-state index is 13.9. The van der Waals surface area contributed by atoms with Crippen molar-refractivity contribution in [3.63, 3.8) is 0 Å². The van der Waals surface area contributed by atoms with Crippen LogP contribution in [-0.4, -0.2) is 39.1 Å². The Balaban J connectivity index is 1.33. The molecule has 0 spiro atoms. The average Bonchev–Trinajstić information content (AvgIpc) is 3.68. The molecule has 0 amide bonds. The second-order valence-corrected chi connectivity index (χ2v) is 17.4. The van der Waals surface area contributed by atoms with Crippen molar-refractivity contribution in [2.75, 3.05) is 6.61 Å². The predicted molar refractivity (Wildman–Crippen MR) is 215 cm³/mol. The Bertz CT molecular complexity index is 1910. The SMILES string of the molecule is CCCCCCCCCCCC(=O)Oc1ccc(CO[P+]([O-])(OCc2ccc(OC(=O)CCCC)cc2)OP(=O)(O)OC[C@@H]2C=C[C@H](n3cc(C)c([O-])nc3=O)O2)cc1.